The molecule has 3 rings (SSSR count). The van der Waals surface area contributed by atoms with Gasteiger partial charge in [0.05, 0.1) is 10.6 Å². The number of thiophene rings is 1. The normalized spacial score (nSPS) is 20.1. The Hall–Kier alpha value is -2.42. The van der Waals surface area contributed by atoms with Gasteiger partial charge in [-0.3, -0.25) is 9.59 Å². The molecule has 0 spiro atoms. The Kier molecular flexibility index (Phi) is 4.99. The number of alkyl halides is 2. The zero-order valence-electron chi connectivity index (χ0n) is 13.5. The summed E-state index contributed by atoms with van der Waals surface area (Å²) in [6.07, 6.45) is -2.64. The van der Waals surface area contributed by atoms with Gasteiger partial charge in [-0.25, -0.2) is 17.6 Å². The lowest BCUT2D eigenvalue weighted by Crippen LogP contribution is -2.33. The van der Waals surface area contributed by atoms with Crippen molar-refractivity contribution in [3.63, 3.8) is 0 Å². The van der Waals surface area contributed by atoms with E-state index in [-0.39, 0.29) is 17.1 Å². The Morgan fingerprint density at radius 1 is 1.35 bits per heavy atom. The average molecular weight is 386 g/mol. The number of amides is 2. The predicted molar refractivity (Wildman–Crippen MR) is 88.1 cm³/mol. The summed E-state index contributed by atoms with van der Waals surface area (Å²) in [5.41, 5.74) is 0.0672. The summed E-state index contributed by atoms with van der Waals surface area (Å²) in [5, 5.41) is 3.71. The molecule has 26 heavy (non-hydrogen) atoms. The summed E-state index contributed by atoms with van der Waals surface area (Å²) in [5.74, 6) is -5.52. The molecule has 2 amide bonds. The fraction of sp³-hybridized carbons (Fsp3) is 0.294. The maximum absolute atomic E-state index is 13.8. The van der Waals surface area contributed by atoms with Gasteiger partial charge in [-0.15, -0.1) is 11.3 Å². The smallest absolute Gasteiger partial charge is 0.272 e. The van der Waals surface area contributed by atoms with Gasteiger partial charge in [0, 0.05) is 19.5 Å². The number of likely N-dealkylation sites (N-methyl/N-ethyl adjacent to an activating group) is 1. The van der Waals surface area contributed by atoms with Crippen molar-refractivity contribution in [1.82, 2.24) is 4.90 Å². The number of benzene rings is 1. The van der Waals surface area contributed by atoms with Gasteiger partial charge in [0.2, 0.25) is 11.8 Å². The molecule has 9 heteroatoms. The van der Waals surface area contributed by atoms with Crippen molar-refractivity contribution in [2.75, 3.05) is 18.9 Å². The molecule has 1 aliphatic rings. The summed E-state index contributed by atoms with van der Waals surface area (Å²) in [6, 6.07) is 4.57. The largest absolute Gasteiger partial charge is 0.344 e. The van der Waals surface area contributed by atoms with Crippen LogP contribution in [0.2, 0.25) is 0 Å². The number of rotatable bonds is 4. The molecule has 0 aliphatic carbocycles. The van der Waals surface area contributed by atoms with Crippen LogP contribution in [0.15, 0.2) is 29.6 Å². The molecule has 138 valence electrons. The fourth-order valence-corrected chi connectivity index (χ4v) is 3.80. The van der Waals surface area contributed by atoms with Crippen LogP contribution < -0.4 is 5.32 Å². The van der Waals surface area contributed by atoms with E-state index in [1.165, 1.54) is 35.5 Å². The van der Waals surface area contributed by atoms with Crippen LogP contribution in [-0.4, -0.2) is 30.3 Å². The van der Waals surface area contributed by atoms with Gasteiger partial charge in [-0.05, 0) is 29.1 Å². The molecule has 0 bridgehead atoms. The third kappa shape index (κ3) is 3.31. The van der Waals surface area contributed by atoms with Gasteiger partial charge in [0.25, 0.3) is 6.43 Å². The highest BCUT2D eigenvalue weighted by atomic mass is 32.1. The molecular weight excluding hydrogens is 372 g/mol. The quantitative estimate of drug-likeness (QED) is 0.642. The molecule has 1 saturated heterocycles. The Bertz CT molecular complexity index is 855. The summed E-state index contributed by atoms with van der Waals surface area (Å²) in [6.45, 7) is 0.169. The van der Waals surface area contributed by atoms with Crippen LogP contribution in [0.25, 0.3) is 0 Å². The lowest BCUT2D eigenvalue weighted by Gasteiger charge is -2.16. The van der Waals surface area contributed by atoms with Gasteiger partial charge < -0.3 is 10.2 Å². The van der Waals surface area contributed by atoms with E-state index in [1.54, 1.807) is 0 Å². The Balaban J connectivity index is 1.88. The van der Waals surface area contributed by atoms with Crippen LogP contribution in [0.5, 0.6) is 0 Å². The first kappa shape index (κ1) is 18.4. The number of carbonyl (C=O) groups is 2. The maximum atomic E-state index is 13.8. The van der Waals surface area contributed by atoms with Crippen LogP contribution in [0.4, 0.5) is 23.2 Å². The van der Waals surface area contributed by atoms with Crippen molar-refractivity contribution in [3.05, 3.63) is 51.7 Å². The van der Waals surface area contributed by atoms with E-state index in [2.05, 4.69) is 5.32 Å². The van der Waals surface area contributed by atoms with E-state index in [4.69, 9.17) is 0 Å². The zero-order valence-corrected chi connectivity index (χ0v) is 14.3. The minimum atomic E-state index is -2.64. The van der Waals surface area contributed by atoms with Crippen molar-refractivity contribution < 1.29 is 27.2 Å². The second-order valence-electron chi connectivity index (χ2n) is 5.98. The number of carbonyl (C=O) groups excluding carboxylic acids is 2. The average Bonchev–Trinajstić information content (AvgIpc) is 3.18. The first-order valence-corrected chi connectivity index (χ1v) is 8.54. The standard InChI is InChI=1S/C17H14F4N2O2S/c1-23-6-9(8-5-12(15(20)21)26-7-8)13(17(23)25)16(24)22-11-4-2-3-10(18)14(11)19/h2-5,7,9,13,15H,6H2,1H3,(H,22,24)/t9-,13+/m1/s1. The molecule has 2 heterocycles. The van der Waals surface area contributed by atoms with Crippen LogP contribution in [0.3, 0.4) is 0 Å². The Morgan fingerprint density at radius 2 is 2.08 bits per heavy atom. The lowest BCUT2D eigenvalue weighted by atomic mass is 9.89. The van der Waals surface area contributed by atoms with Gasteiger partial charge >= 0.3 is 0 Å². The van der Waals surface area contributed by atoms with E-state index in [0.29, 0.717) is 5.56 Å². The van der Waals surface area contributed by atoms with Crippen LogP contribution in [0, 0.1) is 17.6 Å². The van der Waals surface area contributed by atoms with Gasteiger partial charge in [0.1, 0.15) is 5.92 Å². The highest BCUT2D eigenvalue weighted by Gasteiger charge is 2.44. The predicted octanol–water partition coefficient (Wildman–Crippen LogP) is 3.77. The van der Waals surface area contributed by atoms with Gasteiger partial charge in [0.15, 0.2) is 11.6 Å². The molecule has 1 aliphatic heterocycles. The second kappa shape index (κ2) is 7.06. The molecule has 1 N–H and O–H groups in total. The number of halogens is 4. The second-order valence-corrected chi connectivity index (χ2v) is 6.92. The molecule has 4 nitrogen and oxygen atoms in total. The number of likely N-dealkylation sites (tertiary alicyclic amines) is 1. The van der Waals surface area contributed by atoms with E-state index >= 15 is 0 Å². The first-order chi connectivity index (χ1) is 12.3. The summed E-state index contributed by atoms with van der Waals surface area (Å²) < 4.78 is 52.7. The molecule has 0 saturated carbocycles. The number of anilines is 1. The molecule has 2 atom stereocenters. The summed E-state index contributed by atoms with van der Waals surface area (Å²) in [7, 11) is 1.49. The topological polar surface area (TPSA) is 49.4 Å². The first-order valence-electron chi connectivity index (χ1n) is 7.66. The minimum absolute atomic E-state index is 0.155. The molecule has 1 aromatic carbocycles. The number of hydrogen-bond acceptors (Lipinski definition) is 3. The Morgan fingerprint density at radius 3 is 2.73 bits per heavy atom. The van der Waals surface area contributed by atoms with E-state index in [9.17, 15) is 27.2 Å². The van der Waals surface area contributed by atoms with Crippen LogP contribution in [0.1, 0.15) is 22.8 Å². The van der Waals surface area contributed by atoms with Crippen molar-refractivity contribution in [2.45, 2.75) is 12.3 Å². The number of hydrogen-bond donors (Lipinski definition) is 1. The van der Waals surface area contributed by atoms with E-state index in [0.717, 1.165) is 17.4 Å². The van der Waals surface area contributed by atoms with Crippen molar-refractivity contribution in [1.29, 1.82) is 0 Å². The fourth-order valence-electron chi connectivity index (χ4n) is 2.98. The molecule has 0 radical (unpaired) electrons. The van der Waals surface area contributed by atoms with E-state index < -0.39 is 41.7 Å². The van der Waals surface area contributed by atoms with Crippen LogP contribution >= 0.6 is 11.3 Å². The molecule has 0 unspecified atom stereocenters. The van der Waals surface area contributed by atoms with Gasteiger partial charge in [-0.2, -0.15) is 0 Å². The van der Waals surface area contributed by atoms with Crippen molar-refractivity contribution in [3.8, 4) is 0 Å². The van der Waals surface area contributed by atoms with Crippen LogP contribution in [-0.2, 0) is 9.59 Å². The van der Waals surface area contributed by atoms with Crippen molar-refractivity contribution in [2.24, 2.45) is 5.92 Å². The third-order valence-corrected chi connectivity index (χ3v) is 5.25. The van der Waals surface area contributed by atoms with Gasteiger partial charge in [-0.1, -0.05) is 6.07 Å². The summed E-state index contributed by atoms with van der Waals surface area (Å²) >= 11 is 0.848. The number of nitrogens with one attached hydrogen (secondary N) is 1. The molecular formula is C17H14F4N2O2S. The molecule has 2 aromatic rings. The zero-order chi connectivity index (χ0) is 19.0. The highest BCUT2D eigenvalue weighted by Crippen LogP contribution is 2.38. The summed E-state index contributed by atoms with van der Waals surface area (Å²) in [4.78, 5) is 26.1. The Labute approximate surface area is 150 Å². The minimum Gasteiger partial charge on any atom is -0.344 e. The number of nitrogens with zero attached hydrogens (tertiary/aromatic N) is 1. The SMILES string of the molecule is CN1C[C@H](c2csc(C(F)F)c2)[C@@H](C(=O)Nc2cccc(F)c2F)C1=O. The monoisotopic (exact) mass is 386 g/mol. The maximum Gasteiger partial charge on any atom is 0.272 e. The third-order valence-electron chi connectivity index (χ3n) is 4.29. The molecule has 1 fully saturated rings. The molecule has 1 aromatic heterocycles. The highest BCUT2D eigenvalue weighted by molar-refractivity contribution is 7.10. The lowest BCUT2D eigenvalue weighted by molar-refractivity contribution is -0.135. The van der Waals surface area contributed by atoms with E-state index in [1.807, 2.05) is 0 Å². The van der Waals surface area contributed by atoms with Crippen molar-refractivity contribution >= 4 is 28.8 Å².